The second kappa shape index (κ2) is 5.90. The van der Waals surface area contributed by atoms with Gasteiger partial charge in [-0.2, -0.15) is 0 Å². The summed E-state index contributed by atoms with van der Waals surface area (Å²) in [5, 5.41) is 6.87. The molecular weight excluding hydrogens is 264 g/mol. The highest BCUT2D eigenvalue weighted by molar-refractivity contribution is 7.99. The molecule has 2 aromatic rings. The first-order chi connectivity index (χ1) is 9.78. The smallest absolute Gasteiger partial charge is 0.0559 e. The molecule has 1 unspecified atom stereocenters. The number of para-hydroxylation sites is 2. The quantitative estimate of drug-likeness (QED) is 0.747. The van der Waals surface area contributed by atoms with Crippen LogP contribution in [-0.4, -0.2) is 13.6 Å². The van der Waals surface area contributed by atoms with Crippen LogP contribution in [-0.2, 0) is 6.42 Å². The Labute approximate surface area is 125 Å². The van der Waals surface area contributed by atoms with Crippen molar-refractivity contribution in [3.05, 3.63) is 48.0 Å². The van der Waals surface area contributed by atoms with Crippen LogP contribution in [0, 0.1) is 5.92 Å². The molecule has 1 aliphatic heterocycles. The van der Waals surface area contributed by atoms with Gasteiger partial charge in [0.2, 0.25) is 0 Å². The summed E-state index contributed by atoms with van der Waals surface area (Å²) in [6.45, 7) is 3.34. The van der Waals surface area contributed by atoms with Gasteiger partial charge in [-0.1, -0.05) is 43.0 Å². The number of hydrogen-bond donors (Lipinski definition) is 2. The average Bonchev–Trinajstić information content (AvgIpc) is 2.46. The Morgan fingerprint density at radius 1 is 1.10 bits per heavy atom. The topological polar surface area (TPSA) is 24.1 Å². The van der Waals surface area contributed by atoms with Crippen LogP contribution in [0.25, 0.3) is 0 Å². The van der Waals surface area contributed by atoms with Crippen LogP contribution >= 0.6 is 11.8 Å². The van der Waals surface area contributed by atoms with Gasteiger partial charge in [-0.05, 0) is 49.7 Å². The van der Waals surface area contributed by atoms with Crippen molar-refractivity contribution >= 4 is 23.1 Å². The van der Waals surface area contributed by atoms with E-state index in [4.69, 9.17) is 0 Å². The standard InChI is InChI=1S/C17H20N2S/c1-12(11-18-2)10-13-6-5-9-16-17(13)19-14-7-3-4-8-15(14)20-16/h3-9,12,18-19H,10-11H2,1-2H3. The molecule has 104 valence electrons. The lowest BCUT2D eigenvalue weighted by Crippen LogP contribution is -2.18. The second-order valence-corrected chi connectivity index (χ2v) is 6.46. The third-order valence-electron chi connectivity index (χ3n) is 3.60. The Hall–Kier alpha value is -1.45. The average molecular weight is 284 g/mol. The van der Waals surface area contributed by atoms with E-state index in [0.717, 1.165) is 13.0 Å². The monoisotopic (exact) mass is 284 g/mol. The maximum absolute atomic E-state index is 3.62. The van der Waals surface area contributed by atoms with Crippen molar-refractivity contribution in [2.45, 2.75) is 23.1 Å². The van der Waals surface area contributed by atoms with E-state index >= 15 is 0 Å². The summed E-state index contributed by atoms with van der Waals surface area (Å²) < 4.78 is 0. The zero-order valence-corrected chi connectivity index (χ0v) is 12.8. The van der Waals surface area contributed by atoms with Crippen LogP contribution in [0.2, 0.25) is 0 Å². The molecule has 2 nitrogen and oxygen atoms in total. The minimum atomic E-state index is 0.635. The summed E-state index contributed by atoms with van der Waals surface area (Å²) in [7, 11) is 2.02. The highest BCUT2D eigenvalue weighted by Gasteiger charge is 2.18. The third-order valence-corrected chi connectivity index (χ3v) is 4.74. The fraction of sp³-hybridized carbons (Fsp3) is 0.294. The molecule has 2 aromatic carbocycles. The number of fused-ring (bicyclic) bond motifs is 2. The van der Waals surface area contributed by atoms with E-state index in [9.17, 15) is 0 Å². The largest absolute Gasteiger partial charge is 0.353 e. The lowest BCUT2D eigenvalue weighted by molar-refractivity contribution is 0.542. The second-order valence-electron chi connectivity index (χ2n) is 5.38. The number of anilines is 2. The minimum Gasteiger partial charge on any atom is -0.353 e. The first kappa shape index (κ1) is 13.5. The lowest BCUT2D eigenvalue weighted by Gasteiger charge is -2.24. The maximum Gasteiger partial charge on any atom is 0.0559 e. The van der Waals surface area contributed by atoms with Crippen LogP contribution in [0.3, 0.4) is 0 Å². The summed E-state index contributed by atoms with van der Waals surface area (Å²) in [6.07, 6.45) is 1.10. The van der Waals surface area contributed by atoms with Crippen molar-refractivity contribution in [3.8, 4) is 0 Å². The van der Waals surface area contributed by atoms with Crippen molar-refractivity contribution in [3.63, 3.8) is 0 Å². The van der Waals surface area contributed by atoms with Gasteiger partial charge < -0.3 is 10.6 Å². The van der Waals surface area contributed by atoms with Crippen LogP contribution < -0.4 is 10.6 Å². The molecule has 20 heavy (non-hydrogen) atoms. The molecule has 1 atom stereocenters. The van der Waals surface area contributed by atoms with Gasteiger partial charge >= 0.3 is 0 Å². The predicted octanol–water partition coefficient (Wildman–Crippen LogP) is 4.29. The fourth-order valence-corrected chi connectivity index (χ4v) is 3.73. The highest BCUT2D eigenvalue weighted by Crippen LogP contribution is 2.45. The Balaban J connectivity index is 1.90. The normalized spacial score (nSPS) is 14.1. The summed E-state index contributed by atoms with van der Waals surface area (Å²) >= 11 is 1.86. The van der Waals surface area contributed by atoms with Gasteiger partial charge in [0, 0.05) is 9.79 Å². The number of rotatable bonds is 4. The van der Waals surface area contributed by atoms with Crippen LogP contribution in [0.4, 0.5) is 11.4 Å². The van der Waals surface area contributed by atoms with E-state index in [1.807, 2.05) is 18.8 Å². The summed E-state index contributed by atoms with van der Waals surface area (Å²) in [5.41, 5.74) is 3.92. The highest BCUT2D eigenvalue weighted by atomic mass is 32.2. The zero-order chi connectivity index (χ0) is 13.9. The minimum absolute atomic E-state index is 0.635. The Morgan fingerprint density at radius 3 is 2.75 bits per heavy atom. The Morgan fingerprint density at radius 2 is 1.90 bits per heavy atom. The lowest BCUT2D eigenvalue weighted by atomic mass is 9.99. The molecule has 3 heteroatoms. The van der Waals surface area contributed by atoms with E-state index in [1.165, 1.54) is 26.7 Å². The van der Waals surface area contributed by atoms with E-state index < -0.39 is 0 Å². The molecule has 0 saturated heterocycles. The SMILES string of the molecule is CNCC(C)Cc1cccc2c1Nc1ccccc1S2. The molecule has 1 aliphatic rings. The molecule has 0 bridgehead atoms. The van der Waals surface area contributed by atoms with Gasteiger partial charge in [0.25, 0.3) is 0 Å². The fourth-order valence-electron chi connectivity index (χ4n) is 2.68. The van der Waals surface area contributed by atoms with Crippen LogP contribution in [0.1, 0.15) is 12.5 Å². The maximum atomic E-state index is 3.62. The van der Waals surface area contributed by atoms with Crippen molar-refractivity contribution < 1.29 is 0 Å². The number of nitrogens with one attached hydrogen (secondary N) is 2. The molecule has 2 N–H and O–H groups in total. The Kier molecular flexibility index (Phi) is 3.99. The van der Waals surface area contributed by atoms with E-state index in [1.54, 1.807) is 0 Å². The van der Waals surface area contributed by atoms with Gasteiger partial charge in [-0.15, -0.1) is 0 Å². The van der Waals surface area contributed by atoms with Gasteiger partial charge in [0.15, 0.2) is 0 Å². The molecular formula is C17H20N2S. The molecule has 0 spiro atoms. The molecule has 0 amide bonds. The van der Waals surface area contributed by atoms with E-state index in [-0.39, 0.29) is 0 Å². The summed E-state index contributed by atoms with van der Waals surface area (Å²) in [6, 6.07) is 15.1. The van der Waals surface area contributed by atoms with E-state index in [2.05, 4.69) is 60.0 Å². The third kappa shape index (κ3) is 2.69. The number of hydrogen-bond acceptors (Lipinski definition) is 3. The van der Waals surface area contributed by atoms with Crippen molar-refractivity contribution in [2.75, 3.05) is 18.9 Å². The van der Waals surface area contributed by atoms with E-state index in [0.29, 0.717) is 5.92 Å². The van der Waals surface area contributed by atoms with Gasteiger partial charge in [0.05, 0.1) is 11.4 Å². The molecule has 0 aromatic heterocycles. The van der Waals surface area contributed by atoms with Crippen molar-refractivity contribution in [1.82, 2.24) is 5.32 Å². The summed E-state index contributed by atoms with van der Waals surface area (Å²) in [5.74, 6) is 0.635. The molecule has 0 saturated carbocycles. The van der Waals surface area contributed by atoms with Crippen molar-refractivity contribution in [2.24, 2.45) is 5.92 Å². The number of benzene rings is 2. The summed E-state index contributed by atoms with van der Waals surface area (Å²) in [4.78, 5) is 2.64. The van der Waals surface area contributed by atoms with Gasteiger partial charge in [-0.25, -0.2) is 0 Å². The molecule has 1 heterocycles. The van der Waals surface area contributed by atoms with Gasteiger partial charge in [0.1, 0.15) is 0 Å². The molecule has 0 aliphatic carbocycles. The molecule has 3 rings (SSSR count). The molecule has 0 fully saturated rings. The predicted molar refractivity (Wildman–Crippen MR) is 87.1 cm³/mol. The van der Waals surface area contributed by atoms with Crippen LogP contribution in [0.5, 0.6) is 0 Å². The molecule has 0 radical (unpaired) electrons. The first-order valence-electron chi connectivity index (χ1n) is 7.08. The first-order valence-corrected chi connectivity index (χ1v) is 7.90. The zero-order valence-electron chi connectivity index (χ0n) is 11.9. The Bertz CT molecular complexity index is 610. The van der Waals surface area contributed by atoms with Gasteiger partial charge in [-0.3, -0.25) is 0 Å². The van der Waals surface area contributed by atoms with Crippen molar-refractivity contribution in [1.29, 1.82) is 0 Å². The van der Waals surface area contributed by atoms with Crippen LogP contribution in [0.15, 0.2) is 52.3 Å².